The Balaban J connectivity index is 1.90. The summed E-state index contributed by atoms with van der Waals surface area (Å²) in [4.78, 5) is 0. The van der Waals surface area contributed by atoms with E-state index in [4.69, 9.17) is 4.74 Å². The molecule has 5 nitrogen and oxygen atoms in total. The van der Waals surface area contributed by atoms with Gasteiger partial charge in [0.15, 0.2) is 0 Å². The molecule has 1 saturated heterocycles. The number of nitrogens with zero attached hydrogens (tertiary/aromatic N) is 1. The van der Waals surface area contributed by atoms with Crippen molar-refractivity contribution < 1.29 is 13.2 Å². The van der Waals surface area contributed by atoms with Crippen LogP contribution in [0.4, 0.5) is 0 Å². The van der Waals surface area contributed by atoms with Crippen LogP contribution in [0, 0.1) is 0 Å². The molecule has 1 aliphatic heterocycles. The number of nitrogens with one attached hydrogen (secondary N) is 1. The minimum absolute atomic E-state index is 0.118. The highest BCUT2D eigenvalue weighted by atomic mass is 32.2. The Labute approximate surface area is 149 Å². The Morgan fingerprint density at radius 3 is 1.80 bits per heavy atom. The molecule has 0 spiro atoms. The van der Waals surface area contributed by atoms with Gasteiger partial charge in [0.2, 0.25) is 0 Å². The molecule has 0 unspecified atom stereocenters. The summed E-state index contributed by atoms with van der Waals surface area (Å²) in [5.41, 5.74) is 1.82. The van der Waals surface area contributed by atoms with E-state index in [-0.39, 0.29) is 12.2 Å². The number of hydrogen-bond acceptors (Lipinski definition) is 3. The third-order valence-electron chi connectivity index (χ3n) is 4.26. The average molecular weight is 360 g/mol. The van der Waals surface area contributed by atoms with Crippen LogP contribution in [0.3, 0.4) is 0 Å². The van der Waals surface area contributed by atoms with E-state index >= 15 is 0 Å². The maximum atomic E-state index is 13.0. The van der Waals surface area contributed by atoms with Gasteiger partial charge >= 0.3 is 0 Å². The molecule has 2 atom stereocenters. The lowest BCUT2D eigenvalue weighted by molar-refractivity contribution is -0.0444. The third kappa shape index (κ3) is 4.46. The maximum absolute atomic E-state index is 13.0. The van der Waals surface area contributed by atoms with Gasteiger partial charge in [-0.15, -0.1) is 0 Å². The standard InChI is InChI=1S/C19H24N2O3S/c1-15-13-21(14-16(2)24-15)25(22,23)20-19(17-9-5-3-6-10-17)18-11-7-4-8-12-18/h3-12,15-16,19-20H,13-14H2,1-2H3/t15-,16+. The molecular formula is C19H24N2O3S. The van der Waals surface area contributed by atoms with Crippen molar-refractivity contribution in [2.24, 2.45) is 0 Å². The van der Waals surface area contributed by atoms with Gasteiger partial charge in [0.25, 0.3) is 10.2 Å². The molecule has 1 aliphatic rings. The number of hydrogen-bond donors (Lipinski definition) is 1. The molecule has 0 bridgehead atoms. The largest absolute Gasteiger partial charge is 0.373 e. The van der Waals surface area contributed by atoms with Crippen LogP contribution in [0.25, 0.3) is 0 Å². The van der Waals surface area contributed by atoms with Crippen molar-refractivity contribution in [3.05, 3.63) is 71.8 Å². The van der Waals surface area contributed by atoms with Crippen LogP contribution >= 0.6 is 0 Å². The molecule has 2 aromatic carbocycles. The summed E-state index contributed by atoms with van der Waals surface area (Å²) >= 11 is 0. The highest BCUT2D eigenvalue weighted by Gasteiger charge is 2.33. The molecule has 0 amide bonds. The molecular weight excluding hydrogens is 336 g/mol. The van der Waals surface area contributed by atoms with Crippen LogP contribution in [0.5, 0.6) is 0 Å². The Hall–Kier alpha value is -1.73. The van der Waals surface area contributed by atoms with Crippen LogP contribution in [0.1, 0.15) is 31.0 Å². The number of ether oxygens (including phenoxy) is 1. The monoisotopic (exact) mass is 360 g/mol. The molecule has 1 N–H and O–H groups in total. The van der Waals surface area contributed by atoms with E-state index in [1.807, 2.05) is 74.5 Å². The minimum Gasteiger partial charge on any atom is -0.373 e. The molecule has 6 heteroatoms. The lowest BCUT2D eigenvalue weighted by Gasteiger charge is -2.35. The normalized spacial score (nSPS) is 22.2. The van der Waals surface area contributed by atoms with Crippen molar-refractivity contribution in [3.8, 4) is 0 Å². The second kappa shape index (κ2) is 7.66. The van der Waals surface area contributed by atoms with Crippen LogP contribution in [-0.2, 0) is 14.9 Å². The fraction of sp³-hybridized carbons (Fsp3) is 0.368. The van der Waals surface area contributed by atoms with Crippen molar-refractivity contribution in [2.45, 2.75) is 32.1 Å². The zero-order chi connectivity index (χ0) is 17.9. The van der Waals surface area contributed by atoms with E-state index in [0.29, 0.717) is 13.1 Å². The Morgan fingerprint density at radius 2 is 1.36 bits per heavy atom. The average Bonchev–Trinajstić information content (AvgIpc) is 2.60. The van der Waals surface area contributed by atoms with Gasteiger partial charge in [0, 0.05) is 13.1 Å². The van der Waals surface area contributed by atoms with E-state index in [2.05, 4.69) is 4.72 Å². The third-order valence-corrected chi connectivity index (χ3v) is 5.77. The van der Waals surface area contributed by atoms with Crippen molar-refractivity contribution in [1.82, 2.24) is 9.03 Å². The SMILES string of the molecule is C[C@@H]1CN(S(=O)(=O)NC(c2ccccc2)c2ccccc2)C[C@H](C)O1. The van der Waals surface area contributed by atoms with Crippen LogP contribution < -0.4 is 4.72 Å². The Bertz CT molecular complexity index is 731. The van der Waals surface area contributed by atoms with Crippen LogP contribution in [0.2, 0.25) is 0 Å². The van der Waals surface area contributed by atoms with E-state index in [1.54, 1.807) is 0 Å². The van der Waals surface area contributed by atoms with Gasteiger partial charge in [-0.2, -0.15) is 17.4 Å². The first-order valence-electron chi connectivity index (χ1n) is 8.48. The predicted octanol–water partition coefficient (Wildman–Crippen LogP) is 2.72. The smallest absolute Gasteiger partial charge is 0.280 e. The quantitative estimate of drug-likeness (QED) is 0.892. The maximum Gasteiger partial charge on any atom is 0.280 e. The fourth-order valence-electron chi connectivity index (χ4n) is 3.17. The lowest BCUT2D eigenvalue weighted by atomic mass is 10.00. The van der Waals surface area contributed by atoms with Crippen molar-refractivity contribution in [3.63, 3.8) is 0 Å². The second-order valence-corrected chi connectivity index (χ2v) is 8.15. The summed E-state index contributed by atoms with van der Waals surface area (Å²) in [7, 11) is -3.64. The van der Waals surface area contributed by atoms with E-state index in [9.17, 15) is 8.42 Å². The van der Waals surface area contributed by atoms with Crippen molar-refractivity contribution in [1.29, 1.82) is 0 Å². The Kier molecular flexibility index (Phi) is 5.54. The van der Waals surface area contributed by atoms with Crippen LogP contribution in [-0.4, -0.2) is 38.0 Å². The summed E-state index contributed by atoms with van der Waals surface area (Å²) in [6, 6.07) is 18.8. The topological polar surface area (TPSA) is 58.6 Å². The lowest BCUT2D eigenvalue weighted by Crippen LogP contribution is -2.52. The summed E-state index contributed by atoms with van der Waals surface area (Å²) in [6.45, 7) is 4.50. The molecule has 0 aromatic heterocycles. The van der Waals surface area contributed by atoms with Crippen molar-refractivity contribution in [2.75, 3.05) is 13.1 Å². The van der Waals surface area contributed by atoms with Gasteiger partial charge < -0.3 is 4.74 Å². The van der Waals surface area contributed by atoms with Gasteiger partial charge in [-0.1, -0.05) is 60.7 Å². The summed E-state index contributed by atoms with van der Waals surface area (Å²) < 4.78 is 36.0. The molecule has 0 aliphatic carbocycles. The second-order valence-electron chi connectivity index (χ2n) is 6.45. The molecule has 134 valence electrons. The first-order valence-corrected chi connectivity index (χ1v) is 9.92. The molecule has 2 aromatic rings. The van der Waals surface area contributed by atoms with E-state index in [1.165, 1.54) is 4.31 Å². The van der Waals surface area contributed by atoms with Gasteiger partial charge in [0.1, 0.15) is 0 Å². The molecule has 3 rings (SSSR count). The highest BCUT2D eigenvalue weighted by Crippen LogP contribution is 2.24. The van der Waals surface area contributed by atoms with Crippen molar-refractivity contribution >= 4 is 10.2 Å². The summed E-state index contributed by atoms with van der Waals surface area (Å²) in [5.74, 6) is 0. The minimum atomic E-state index is -3.64. The molecule has 25 heavy (non-hydrogen) atoms. The molecule has 1 fully saturated rings. The Morgan fingerprint density at radius 1 is 0.920 bits per heavy atom. The fourth-order valence-corrected chi connectivity index (χ4v) is 4.70. The number of rotatable bonds is 5. The number of morpholine rings is 1. The predicted molar refractivity (Wildman–Crippen MR) is 98.4 cm³/mol. The van der Waals surface area contributed by atoms with Gasteiger partial charge in [-0.3, -0.25) is 0 Å². The first-order chi connectivity index (χ1) is 12.0. The van der Waals surface area contributed by atoms with E-state index < -0.39 is 16.3 Å². The van der Waals surface area contributed by atoms with Crippen LogP contribution in [0.15, 0.2) is 60.7 Å². The van der Waals surface area contributed by atoms with E-state index in [0.717, 1.165) is 11.1 Å². The zero-order valence-electron chi connectivity index (χ0n) is 14.5. The number of benzene rings is 2. The first kappa shape index (κ1) is 18.1. The van der Waals surface area contributed by atoms with Gasteiger partial charge in [-0.05, 0) is 25.0 Å². The molecule has 0 radical (unpaired) electrons. The summed E-state index contributed by atoms with van der Waals surface area (Å²) in [6.07, 6.45) is -0.237. The summed E-state index contributed by atoms with van der Waals surface area (Å²) in [5, 5.41) is 0. The zero-order valence-corrected chi connectivity index (χ0v) is 15.3. The van der Waals surface area contributed by atoms with Gasteiger partial charge in [-0.25, -0.2) is 0 Å². The molecule has 1 heterocycles. The highest BCUT2D eigenvalue weighted by molar-refractivity contribution is 7.87. The van der Waals surface area contributed by atoms with Gasteiger partial charge in [0.05, 0.1) is 18.2 Å². The molecule has 0 saturated carbocycles.